The summed E-state index contributed by atoms with van der Waals surface area (Å²) in [6, 6.07) is 9.26. The van der Waals surface area contributed by atoms with Crippen LogP contribution in [0.3, 0.4) is 0 Å². The fourth-order valence-corrected chi connectivity index (χ4v) is 2.08. The third-order valence-corrected chi connectivity index (χ3v) is 3.57. The smallest absolute Gasteiger partial charge is 0.220 e. The maximum atomic E-state index is 11.9. The molecule has 0 aliphatic rings. The average molecular weight is 317 g/mol. The van der Waals surface area contributed by atoms with Crippen molar-refractivity contribution in [3.05, 3.63) is 47.7 Å². The van der Waals surface area contributed by atoms with Crippen LogP contribution in [0.1, 0.15) is 50.5 Å². The van der Waals surface area contributed by atoms with E-state index in [1.54, 1.807) is 6.92 Å². The van der Waals surface area contributed by atoms with Gasteiger partial charge in [0.2, 0.25) is 17.7 Å². The molecule has 0 aliphatic carbocycles. The molecule has 1 unspecified atom stereocenters. The van der Waals surface area contributed by atoms with Gasteiger partial charge in [-0.25, -0.2) is 0 Å². The number of nitrogens with one attached hydrogen (secondary N) is 1. The third-order valence-electron chi connectivity index (χ3n) is 3.57. The second-order valence-electron chi connectivity index (χ2n) is 6.11. The Morgan fingerprint density at radius 3 is 2.61 bits per heavy atom. The minimum Gasteiger partial charge on any atom is -0.425 e. The van der Waals surface area contributed by atoms with Crippen LogP contribution in [-0.2, 0) is 16.8 Å². The highest BCUT2D eigenvalue weighted by molar-refractivity contribution is 5.76. The molecule has 1 heterocycles. The Kier molecular flexibility index (Phi) is 5.50. The molecule has 23 heavy (non-hydrogen) atoms. The van der Waals surface area contributed by atoms with Crippen LogP contribution in [-0.4, -0.2) is 27.8 Å². The summed E-state index contributed by atoms with van der Waals surface area (Å²) in [7, 11) is 0. The Morgan fingerprint density at radius 1 is 1.30 bits per heavy atom. The minimum atomic E-state index is -1.10. The molecule has 1 atom stereocenters. The lowest BCUT2D eigenvalue weighted by Crippen LogP contribution is -2.38. The molecule has 0 bridgehead atoms. The largest absolute Gasteiger partial charge is 0.425 e. The summed E-state index contributed by atoms with van der Waals surface area (Å²) in [6.45, 7) is 5.76. The van der Waals surface area contributed by atoms with Gasteiger partial charge in [-0.1, -0.05) is 44.2 Å². The molecule has 2 N–H and O–H groups in total. The first-order valence-corrected chi connectivity index (χ1v) is 7.75. The number of carbonyl (C=O) groups is 1. The summed E-state index contributed by atoms with van der Waals surface area (Å²) in [5.74, 6) is 1.04. The molecule has 1 aromatic heterocycles. The van der Waals surface area contributed by atoms with Gasteiger partial charge in [0, 0.05) is 18.8 Å². The Labute approximate surface area is 135 Å². The molecule has 124 valence electrons. The quantitative estimate of drug-likeness (QED) is 0.817. The van der Waals surface area contributed by atoms with Gasteiger partial charge in [0.1, 0.15) is 5.60 Å². The van der Waals surface area contributed by atoms with Crippen molar-refractivity contribution in [2.24, 2.45) is 0 Å². The molecule has 6 heteroatoms. The van der Waals surface area contributed by atoms with E-state index in [1.165, 1.54) is 0 Å². The maximum Gasteiger partial charge on any atom is 0.220 e. The SMILES string of the molecule is CC(C)c1nnc(CCC(=O)NCC(C)(O)c2ccccc2)o1. The first-order chi connectivity index (χ1) is 10.9. The summed E-state index contributed by atoms with van der Waals surface area (Å²) >= 11 is 0. The van der Waals surface area contributed by atoms with Crippen LogP contribution in [0.5, 0.6) is 0 Å². The zero-order chi connectivity index (χ0) is 16.9. The van der Waals surface area contributed by atoms with Gasteiger partial charge >= 0.3 is 0 Å². The first-order valence-electron chi connectivity index (χ1n) is 7.75. The van der Waals surface area contributed by atoms with Crippen molar-refractivity contribution < 1.29 is 14.3 Å². The van der Waals surface area contributed by atoms with Crippen LogP contribution in [0.4, 0.5) is 0 Å². The van der Waals surface area contributed by atoms with E-state index in [9.17, 15) is 9.90 Å². The number of hydrogen-bond acceptors (Lipinski definition) is 5. The molecule has 6 nitrogen and oxygen atoms in total. The van der Waals surface area contributed by atoms with E-state index >= 15 is 0 Å². The Balaban J connectivity index is 1.80. The topological polar surface area (TPSA) is 88.2 Å². The van der Waals surface area contributed by atoms with E-state index in [1.807, 2.05) is 44.2 Å². The zero-order valence-corrected chi connectivity index (χ0v) is 13.7. The Morgan fingerprint density at radius 2 is 2.00 bits per heavy atom. The van der Waals surface area contributed by atoms with Crippen LogP contribution in [0.2, 0.25) is 0 Å². The van der Waals surface area contributed by atoms with Crippen LogP contribution in [0, 0.1) is 0 Å². The summed E-state index contributed by atoms with van der Waals surface area (Å²) in [6.07, 6.45) is 0.629. The van der Waals surface area contributed by atoms with Crippen molar-refractivity contribution >= 4 is 5.91 Å². The third kappa shape index (κ3) is 4.89. The van der Waals surface area contributed by atoms with E-state index in [4.69, 9.17) is 4.42 Å². The predicted octanol–water partition coefficient (Wildman–Crippen LogP) is 2.15. The van der Waals surface area contributed by atoms with Crippen molar-refractivity contribution in [2.45, 2.75) is 45.1 Å². The minimum absolute atomic E-state index is 0.150. The molecule has 2 aromatic rings. The molecule has 0 aliphatic heterocycles. The first kappa shape index (κ1) is 17.1. The van der Waals surface area contributed by atoms with Crippen LogP contribution >= 0.6 is 0 Å². The molecular formula is C17H23N3O3. The molecule has 1 aromatic carbocycles. The van der Waals surface area contributed by atoms with Gasteiger partial charge in [0.05, 0.1) is 6.54 Å². The number of carbonyl (C=O) groups excluding carboxylic acids is 1. The normalized spacial score (nSPS) is 13.8. The summed E-state index contributed by atoms with van der Waals surface area (Å²) in [4.78, 5) is 11.9. The lowest BCUT2D eigenvalue weighted by molar-refractivity contribution is -0.122. The van der Waals surface area contributed by atoms with Crippen LogP contribution in [0.15, 0.2) is 34.7 Å². The molecule has 0 saturated heterocycles. The monoisotopic (exact) mass is 317 g/mol. The Bertz CT molecular complexity index is 636. The van der Waals surface area contributed by atoms with Gasteiger partial charge < -0.3 is 14.8 Å². The van der Waals surface area contributed by atoms with Crippen molar-refractivity contribution in [2.75, 3.05) is 6.54 Å². The number of amides is 1. The number of aliphatic hydroxyl groups is 1. The van der Waals surface area contributed by atoms with Gasteiger partial charge in [-0.05, 0) is 12.5 Å². The fourth-order valence-electron chi connectivity index (χ4n) is 2.08. The number of benzene rings is 1. The van der Waals surface area contributed by atoms with E-state index in [2.05, 4.69) is 15.5 Å². The molecule has 2 rings (SSSR count). The zero-order valence-electron chi connectivity index (χ0n) is 13.7. The van der Waals surface area contributed by atoms with Crippen LogP contribution in [0.25, 0.3) is 0 Å². The van der Waals surface area contributed by atoms with Gasteiger partial charge in [0.25, 0.3) is 0 Å². The molecule has 0 spiro atoms. The number of nitrogens with zero attached hydrogens (tertiary/aromatic N) is 2. The number of aryl methyl sites for hydroxylation is 1. The van der Waals surface area contributed by atoms with Crippen molar-refractivity contribution in [3.63, 3.8) is 0 Å². The van der Waals surface area contributed by atoms with Gasteiger partial charge in [-0.2, -0.15) is 0 Å². The summed E-state index contributed by atoms with van der Waals surface area (Å²) < 4.78 is 5.46. The maximum absolute atomic E-state index is 11.9. The summed E-state index contributed by atoms with van der Waals surface area (Å²) in [5.41, 5.74) is -0.342. The van der Waals surface area contributed by atoms with E-state index in [-0.39, 0.29) is 24.8 Å². The number of hydrogen-bond donors (Lipinski definition) is 2. The second kappa shape index (κ2) is 7.37. The van der Waals surface area contributed by atoms with E-state index < -0.39 is 5.60 Å². The van der Waals surface area contributed by atoms with Gasteiger partial charge in [-0.3, -0.25) is 4.79 Å². The van der Waals surface area contributed by atoms with Gasteiger partial charge in [0.15, 0.2) is 0 Å². The highest BCUT2D eigenvalue weighted by atomic mass is 16.4. The lowest BCUT2D eigenvalue weighted by Gasteiger charge is -2.24. The standard InChI is InChI=1S/C17H23N3O3/c1-12(2)16-20-19-15(23-16)10-9-14(21)18-11-17(3,22)13-7-5-4-6-8-13/h4-8,12,22H,9-11H2,1-3H3,(H,18,21). The highest BCUT2D eigenvalue weighted by Gasteiger charge is 2.23. The average Bonchev–Trinajstić information content (AvgIpc) is 3.01. The molecule has 0 fully saturated rings. The van der Waals surface area contributed by atoms with Crippen molar-refractivity contribution in [1.82, 2.24) is 15.5 Å². The Hall–Kier alpha value is -2.21. The number of aromatic nitrogens is 2. The molecule has 1 amide bonds. The van der Waals surface area contributed by atoms with Crippen LogP contribution < -0.4 is 5.32 Å². The van der Waals surface area contributed by atoms with Crippen molar-refractivity contribution in [1.29, 1.82) is 0 Å². The molecule has 0 saturated carbocycles. The summed E-state index contributed by atoms with van der Waals surface area (Å²) in [5, 5.41) is 21.0. The number of rotatable bonds is 7. The van der Waals surface area contributed by atoms with E-state index in [0.29, 0.717) is 18.2 Å². The van der Waals surface area contributed by atoms with Gasteiger partial charge in [-0.15, -0.1) is 10.2 Å². The molecule has 0 radical (unpaired) electrons. The fraction of sp³-hybridized carbons (Fsp3) is 0.471. The highest BCUT2D eigenvalue weighted by Crippen LogP contribution is 2.19. The molecular weight excluding hydrogens is 294 g/mol. The lowest BCUT2D eigenvalue weighted by atomic mass is 9.96. The van der Waals surface area contributed by atoms with Crippen molar-refractivity contribution in [3.8, 4) is 0 Å². The predicted molar refractivity (Wildman–Crippen MR) is 85.7 cm³/mol. The van der Waals surface area contributed by atoms with E-state index in [0.717, 1.165) is 5.56 Å². The second-order valence-corrected chi connectivity index (χ2v) is 6.11.